The zero-order valence-electron chi connectivity index (χ0n) is 19.9. The number of hydrogen-bond acceptors (Lipinski definition) is 4. The first-order chi connectivity index (χ1) is 16.2. The maximum absolute atomic E-state index is 13.4. The van der Waals surface area contributed by atoms with E-state index in [1.54, 1.807) is 20.8 Å². The third-order valence-electron chi connectivity index (χ3n) is 6.87. The van der Waals surface area contributed by atoms with Gasteiger partial charge >= 0.3 is 12.1 Å². The molecule has 0 bridgehead atoms. The molecule has 34 heavy (non-hydrogen) atoms. The van der Waals surface area contributed by atoms with Crippen LogP contribution < -0.4 is 5.32 Å². The molecule has 0 radical (unpaired) electrons. The molecule has 2 N–H and O–H groups in total. The highest BCUT2D eigenvalue weighted by Crippen LogP contribution is 2.44. The number of fused-ring (bicyclic) bond motifs is 3. The summed E-state index contributed by atoms with van der Waals surface area (Å²) in [6.45, 7) is 5.11. The number of rotatable bonds is 7. The summed E-state index contributed by atoms with van der Waals surface area (Å²) in [5.41, 5.74) is 3.82. The Balaban J connectivity index is 1.47. The second-order valence-corrected chi connectivity index (χ2v) is 10.1. The van der Waals surface area contributed by atoms with Crippen LogP contribution in [0.25, 0.3) is 11.1 Å². The van der Waals surface area contributed by atoms with Crippen molar-refractivity contribution < 1.29 is 24.2 Å². The van der Waals surface area contributed by atoms with Gasteiger partial charge in [-0.15, -0.1) is 0 Å². The van der Waals surface area contributed by atoms with Gasteiger partial charge in [-0.2, -0.15) is 0 Å². The number of ether oxygens (including phenoxy) is 1. The fraction of sp³-hybridized carbons (Fsp3) is 0.444. The van der Waals surface area contributed by atoms with Crippen molar-refractivity contribution in [1.82, 2.24) is 10.2 Å². The van der Waals surface area contributed by atoms with Crippen LogP contribution in [0.5, 0.6) is 0 Å². The van der Waals surface area contributed by atoms with Crippen LogP contribution in [-0.2, 0) is 14.3 Å². The third kappa shape index (κ3) is 4.79. The highest BCUT2D eigenvalue weighted by atomic mass is 16.5. The highest BCUT2D eigenvalue weighted by molar-refractivity contribution is 5.89. The molecule has 7 heteroatoms. The van der Waals surface area contributed by atoms with Crippen molar-refractivity contribution in [2.45, 2.75) is 57.5 Å². The summed E-state index contributed by atoms with van der Waals surface area (Å²) in [4.78, 5) is 39.0. The normalized spacial score (nSPS) is 16.1. The molecule has 0 aromatic heterocycles. The molecule has 2 aromatic rings. The van der Waals surface area contributed by atoms with Crippen molar-refractivity contribution in [3.63, 3.8) is 0 Å². The number of aliphatic carboxylic acids is 1. The first kappa shape index (κ1) is 23.8. The van der Waals surface area contributed by atoms with E-state index in [2.05, 4.69) is 29.6 Å². The van der Waals surface area contributed by atoms with E-state index in [0.29, 0.717) is 0 Å². The fourth-order valence-corrected chi connectivity index (χ4v) is 4.87. The molecular formula is C27H32N2O5. The van der Waals surface area contributed by atoms with Crippen LogP contribution in [0.4, 0.5) is 4.79 Å². The lowest BCUT2D eigenvalue weighted by atomic mass is 9.79. The Morgan fingerprint density at radius 1 is 1.03 bits per heavy atom. The summed E-state index contributed by atoms with van der Waals surface area (Å²) >= 11 is 0. The lowest BCUT2D eigenvalue weighted by Gasteiger charge is -2.41. The standard InChI is InChI=1S/C27H32N2O5/c1-27(2,3)29(15-23(30)31)25(32)24(17-9-8-10-17)28-26(33)34-16-22-20-13-6-4-11-18(20)19-12-5-7-14-21(19)22/h4-7,11-14,17,22,24H,8-10,15-16H2,1-3H3,(H,28,33)(H,30,31). The van der Waals surface area contributed by atoms with Crippen molar-refractivity contribution in [3.05, 3.63) is 59.7 Å². The SMILES string of the molecule is CC(C)(C)N(CC(=O)O)C(=O)C(NC(=O)OCC1c2ccccc2-c2ccccc21)C1CCC1. The zero-order chi connectivity index (χ0) is 24.5. The number of carboxylic acid groups (broad SMARTS) is 1. The zero-order valence-corrected chi connectivity index (χ0v) is 19.9. The van der Waals surface area contributed by atoms with E-state index in [9.17, 15) is 19.5 Å². The maximum atomic E-state index is 13.4. The molecule has 0 spiro atoms. The molecule has 1 unspecified atom stereocenters. The molecule has 180 valence electrons. The summed E-state index contributed by atoms with van der Waals surface area (Å²) in [5, 5.41) is 12.1. The molecule has 0 aliphatic heterocycles. The number of amides is 2. The molecule has 2 aliphatic carbocycles. The van der Waals surface area contributed by atoms with Crippen LogP contribution in [-0.4, -0.2) is 52.7 Å². The Morgan fingerprint density at radius 3 is 2.06 bits per heavy atom. The molecule has 2 aromatic carbocycles. The van der Waals surface area contributed by atoms with Gasteiger partial charge in [0.05, 0.1) is 0 Å². The second-order valence-electron chi connectivity index (χ2n) is 10.1. The topological polar surface area (TPSA) is 95.9 Å². The molecule has 0 saturated heterocycles. The van der Waals surface area contributed by atoms with Gasteiger partial charge in [-0.25, -0.2) is 4.79 Å². The first-order valence-electron chi connectivity index (χ1n) is 11.8. The van der Waals surface area contributed by atoms with Gasteiger partial charge in [-0.05, 0) is 61.8 Å². The van der Waals surface area contributed by atoms with Gasteiger partial charge in [0.1, 0.15) is 19.2 Å². The van der Waals surface area contributed by atoms with Crippen LogP contribution in [0.3, 0.4) is 0 Å². The average Bonchev–Trinajstić information content (AvgIpc) is 3.07. The van der Waals surface area contributed by atoms with Crippen LogP contribution in [0.1, 0.15) is 57.1 Å². The second kappa shape index (κ2) is 9.49. The van der Waals surface area contributed by atoms with E-state index < -0.39 is 30.2 Å². The Kier molecular flexibility index (Phi) is 6.64. The van der Waals surface area contributed by atoms with E-state index in [4.69, 9.17) is 4.74 Å². The number of benzene rings is 2. The molecular weight excluding hydrogens is 432 g/mol. The molecule has 2 amide bonds. The Morgan fingerprint density at radius 2 is 1.59 bits per heavy atom. The minimum absolute atomic E-state index is 0.0216. The highest BCUT2D eigenvalue weighted by Gasteiger charge is 2.40. The smallest absolute Gasteiger partial charge is 0.407 e. The molecule has 1 atom stereocenters. The minimum Gasteiger partial charge on any atom is -0.480 e. The third-order valence-corrected chi connectivity index (χ3v) is 6.87. The summed E-state index contributed by atoms with van der Waals surface area (Å²) < 4.78 is 5.65. The van der Waals surface area contributed by atoms with Gasteiger partial charge in [-0.1, -0.05) is 55.0 Å². The first-order valence-corrected chi connectivity index (χ1v) is 11.8. The van der Waals surface area contributed by atoms with Gasteiger partial charge < -0.3 is 20.1 Å². The number of nitrogens with zero attached hydrogens (tertiary/aromatic N) is 1. The van der Waals surface area contributed by atoms with Crippen LogP contribution in [0.15, 0.2) is 48.5 Å². The molecule has 1 fully saturated rings. The van der Waals surface area contributed by atoms with Crippen LogP contribution in [0.2, 0.25) is 0 Å². The monoisotopic (exact) mass is 464 g/mol. The van der Waals surface area contributed by atoms with Crippen molar-refractivity contribution in [2.75, 3.05) is 13.2 Å². The van der Waals surface area contributed by atoms with E-state index in [1.165, 1.54) is 4.90 Å². The predicted molar refractivity (Wildman–Crippen MR) is 128 cm³/mol. The number of hydrogen-bond donors (Lipinski definition) is 2. The van der Waals surface area contributed by atoms with E-state index >= 15 is 0 Å². The van der Waals surface area contributed by atoms with Gasteiger partial charge in [0.25, 0.3) is 0 Å². The lowest BCUT2D eigenvalue weighted by Crippen LogP contribution is -2.59. The number of carbonyl (C=O) groups excluding carboxylic acids is 2. The lowest BCUT2D eigenvalue weighted by molar-refractivity contribution is -0.150. The average molecular weight is 465 g/mol. The Labute approximate surface area is 200 Å². The summed E-state index contributed by atoms with van der Waals surface area (Å²) in [6, 6.07) is 15.4. The van der Waals surface area contributed by atoms with Crippen molar-refractivity contribution in [3.8, 4) is 11.1 Å². The van der Waals surface area contributed by atoms with E-state index in [-0.39, 0.29) is 24.3 Å². The molecule has 4 rings (SSSR count). The van der Waals surface area contributed by atoms with Gasteiger partial charge in [0, 0.05) is 11.5 Å². The Hall–Kier alpha value is -3.35. The van der Waals surface area contributed by atoms with Crippen molar-refractivity contribution in [2.24, 2.45) is 5.92 Å². The summed E-state index contributed by atoms with van der Waals surface area (Å²) in [5.74, 6) is -1.56. The predicted octanol–water partition coefficient (Wildman–Crippen LogP) is 4.41. The van der Waals surface area contributed by atoms with Gasteiger partial charge in [0.2, 0.25) is 5.91 Å². The molecule has 0 heterocycles. The van der Waals surface area contributed by atoms with Crippen molar-refractivity contribution >= 4 is 18.0 Å². The van der Waals surface area contributed by atoms with Gasteiger partial charge in [0.15, 0.2) is 0 Å². The van der Waals surface area contributed by atoms with Crippen LogP contribution in [0, 0.1) is 5.92 Å². The number of carbonyl (C=O) groups is 3. The maximum Gasteiger partial charge on any atom is 0.407 e. The van der Waals surface area contributed by atoms with E-state index in [1.807, 2.05) is 24.3 Å². The molecule has 1 saturated carbocycles. The number of nitrogens with one attached hydrogen (secondary N) is 1. The largest absolute Gasteiger partial charge is 0.480 e. The minimum atomic E-state index is -1.09. The quantitative estimate of drug-likeness (QED) is 0.633. The number of carboxylic acids is 1. The van der Waals surface area contributed by atoms with Crippen molar-refractivity contribution in [1.29, 1.82) is 0 Å². The van der Waals surface area contributed by atoms with E-state index in [0.717, 1.165) is 41.5 Å². The Bertz CT molecular complexity index is 1040. The van der Waals surface area contributed by atoms with Gasteiger partial charge in [-0.3, -0.25) is 9.59 Å². The summed E-state index contributed by atoms with van der Waals surface area (Å²) in [6.07, 6.45) is 1.95. The fourth-order valence-electron chi connectivity index (χ4n) is 4.87. The molecule has 7 nitrogen and oxygen atoms in total. The number of alkyl carbamates (subject to hydrolysis) is 1. The molecule has 2 aliphatic rings. The van der Waals surface area contributed by atoms with Crippen LogP contribution >= 0.6 is 0 Å². The summed E-state index contributed by atoms with van der Waals surface area (Å²) in [7, 11) is 0.